The first-order chi connectivity index (χ1) is 17.4. The molecular weight excluding hydrogens is 484 g/mol. The normalized spacial score (nSPS) is 13.8. The summed E-state index contributed by atoms with van der Waals surface area (Å²) in [6, 6.07) is 27.3. The summed E-state index contributed by atoms with van der Waals surface area (Å²) >= 11 is 0. The molecule has 0 amide bonds. The summed E-state index contributed by atoms with van der Waals surface area (Å²) in [5.41, 5.74) is 3.68. The number of hydrogen-bond acceptors (Lipinski definition) is 4. The molecule has 37 heavy (non-hydrogen) atoms. The third kappa shape index (κ3) is 5.26. The summed E-state index contributed by atoms with van der Waals surface area (Å²) in [6.07, 6.45) is 0. The third-order valence-electron chi connectivity index (χ3n) is 7.26. The van der Waals surface area contributed by atoms with Gasteiger partial charge in [0.2, 0.25) is 0 Å². The highest BCUT2D eigenvalue weighted by Gasteiger charge is 2.37. The molecule has 0 bridgehead atoms. The molecule has 2 unspecified atom stereocenters. The van der Waals surface area contributed by atoms with E-state index in [4.69, 9.17) is 0 Å². The van der Waals surface area contributed by atoms with Crippen molar-refractivity contribution in [3.8, 4) is 11.5 Å². The molecule has 0 radical (unpaired) electrons. The first kappa shape index (κ1) is 26.5. The van der Waals surface area contributed by atoms with Gasteiger partial charge in [-0.3, -0.25) is 4.55 Å². The molecule has 0 heterocycles. The molecule has 0 aromatic heterocycles. The van der Waals surface area contributed by atoms with Crippen LogP contribution >= 0.6 is 0 Å². The van der Waals surface area contributed by atoms with Crippen LogP contribution in [0.5, 0.6) is 11.5 Å². The smallest absolute Gasteiger partial charge is 0.294 e. The van der Waals surface area contributed by atoms with Crippen LogP contribution in [0.4, 0.5) is 0 Å². The minimum atomic E-state index is -4.69. The molecule has 6 heteroatoms. The topological polar surface area (TPSA) is 94.8 Å². The van der Waals surface area contributed by atoms with E-state index in [1.54, 1.807) is 18.2 Å². The molecule has 0 fully saturated rings. The van der Waals surface area contributed by atoms with Gasteiger partial charge in [0.15, 0.2) is 0 Å². The lowest BCUT2D eigenvalue weighted by Gasteiger charge is -2.35. The van der Waals surface area contributed by atoms with Crippen molar-refractivity contribution in [2.75, 3.05) is 0 Å². The summed E-state index contributed by atoms with van der Waals surface area (Å²) < 4.78 is 35.7. The molecule has 4 aromatic carbocycles. The van der Waals surface area contributed by atoms with E-state index in [0.717, 1.165) is 28.3 Å². The minimum Gasteiger partial charge on any atom is -0.508 e. The van der Waals surface area contributed by atoms with Crippen molar-refractivity contribution in [2.45, 2.75) is 49.8 Å². The maximum absolute atomic E-state index is 12.7. The van der Waals surface area contributed by atoms with Crippen LogP contribution in [-0.2, 0) is 15.5 Å². The van der Waals surface area contributed by atoms with E-state index >= 15 is 0 Å². The van der Waals surface area contributed by atoms with E-state index < -0.39 is 15.5 Å². The van der Waals surface area contributed by atoms with Gasteiger partial charge in [-0.2, -0.15) is 8.42 Å². The second kappa shape index (κ2) is 10.0. The lowest BCUT2D eigenvalue weighted by atomic mass is 9.70. The summed E-state index contributed by atoms with van der Waals surface area (Å²) in [7, 11) is -4.69. The highest BCUT2D eigenvalue weighted by atomic mass is 32.2. The zero-order chi connectivity index (χ0) is 27.0. The molecule has 2 atom stereocenters. The Morgan fingerprint density at radius 2 is 1.16 bits per heavy atom. The molecule has 0 spiro atoms. The molecule has 5 nitrogen and oxygen atoms in total. The van der Waals surface area contributed by atoms with Crippen molar-refractivity contribution in [1.29, 1.82) is 0 Å². The standard InChI is InChI=1S/C31H32O5S/c1-20(22-11-7-5-8-12-22)26-17-24(32)15-16-28(26)31(3,4)30-27(21(2)23-13-9-6-10-14-23)18-25(33)19-29(30)37(34,35)36/h5-21,32-33H,1-4H3,(H,34,35,36). The molecule has 0 aliphatic carbocycles. The van der Waals surface area contributed by atoms with Crippen LogP contribution in [-0.4, -0.2) is 23.2 Å². The van der Waals surface area contributed by atoms with Gasteiger partial charge in [0.05, 0.1) is 0 Å². The van der Waals surface area contributed by atoms with Crippen molar-refractivity contribution >= 4 is 10.1 Å². The maximum atomic E-state index is 12.7. The summed E-state index contributed by atoms with van der Waals surface area (Å²) in [5, 5.41) is 20.9. The maximum Gasteiger partial charge on any atom is 0.294 e. The molecule has 3 N–H and O–H groups in total. The van der Waals surface area contributed by atoms with Crippen LogP contribution in [0.1, 0.15) is 72.9 Å². The second-order valence-corrected chi connectivity index (χ2v) is 11.4. The number of phenols is 2. The summed E-state index contributed by atoms with van der Waals surface area (Å²) in [4.78, 5) is -0.332. The number of rotatable bonds is 7. The van der Waals surface area contributed by atoms with E-state index in [1.807, 2.05) is 94.4 Å². The molecule has 192 valence electrons. The summed E-state index contributed by atoms with van der Waals surface area (Å²) in [5.74, 6) is -0.525. The third-order valence-corrected chi connectivity index (χ3v) is 8.14. The van der Waals surface area contributed by atoms with E-state index in [-0.39, 0.29) is 28.2 Å². The van der Waals surface area contributed by atoms with Gasteiger partial charge < -0.3 is 10.2 Å². The average Bonchev–Trinajstić information content (AvgIpc) is 2.87. The summed E-state index contributed by atoms with van der Waals surface area (Å²) in [6.45, 7) is 7.80. The van der Waals surface area contributed by atoms with E-state index in [2.05, 4.69) is 0 Å². The Balaban J connectivity index is 2.03. The van der Waals surface area contributed by atoms with Gasteiger partial charge in [-0.15, -0.1) is 0 Å². The Morgan fingerprint density at radius 3 is 1.68 bits per heavy atom. The minimum absolute atomic E-state index is 0.107. The van der Waals surface area contributed by atoms with Gasteiger partial charge in [0.1, 0.15) is 16.4 Å². The predicted molar refractivity (Wildman–Crippen MR) is 146 cm³/mol. The first-order valence-electron chi connectivity index (χ1n) is 12.2. The predicted octanol–water partition coefficient (Wildman–Crippen LogP) is 6.97. The fourth-order valence-corrected chi connectivity index (χ4v) is 6.19. The molecule has 0 saturated carbocycles. The zero-order valence-corrected chi connectivity index (χ0v) is 22.2. The largest absolute Gasteiger partial charge is 0.508 e. The number of benzene rings is 4. The SMILES string of the molecule is CC(c1ccccc1)c1cc(O)ccc1C(C)(C)c1c(C(C)c2ccccc2)cc(O)cc1S(=O)(=O)O. The van der Waals surface area contributed by atoms with Crippen LogP contribution in [0.2, 0.25) is 0 Å². The Bertz CT molecular complexity index is 1510. The quantitative estimate of drug-likeness (QED) is 0.231. The van der Waals surface area contributed by atoms with Crippen molar-refractivity contribution in [2.24, 2.45) is 0 Å². The van der Waals surface area contributed by atoms with Crippen LogP contribution in [0.15, 0.2) is 95.9 Å². The van der Waals surface area contributed by atoms with Crippen molar-refractivity contribution in [3.63, 3.8) is 0 Å². The van der Waals surface area contributed by atoms with Gasteiger partial charge in [-0.05, 0) is 51.6 Å². The molecule has 0 saturated heterocycles. The fourth-order valence-electron chi connectivity index (χ4n) is 5.29. The Kier molecular flexibility index (Phi) is 7.18. The van der Waals surface area contributed by atoms with Crippen molar-refractivity contribution in [3.05, 3.63) is 124 Å². The van der Waals surface area contributed by atoms with E-state index in [1.165, 1.54) is 0 Å². The van der Waals surface area contributed by atoms with Gasteiger partial charge in [0, 0.05) is 23.3 Å². The monoisotopic (exact) mass is 516 g/mol. The number of hydrogen-bond donors (Lipinski definition) is 3. The average molecular weight is 517 g/mol. The van der Waals surface area contributed by atoms with Crippen molar-refractivity contribution in [1.82, 2.24) is 0 Å². The van der Waals surface area contributed by atoms with Crippen LogP contribution in [0.3, 0.4) is 0 Å². The number of aromatic hydroxyl groups is 2. The molecule has 4 aromatic rings. The molecule has 4 rings (SSSR count). The Hall–Kier alpha value is -3.61. The van der Waals surface area contributed by atoms with Gasteiger partial charge >= 0.3 is 0 Å². The van der Waals surface area contributed by atoms with Crippen LogP contribution in [0.25, 0.3) is 0 Å². The second-order valence-electron chi connectivity index (χ2n) is 10.0. The highest BCUT2D eigenvalue weighted by molar-refractivity contribution is 7.85. The first-order valence-corrected chi connectivity index (χ1v) is 13.6. The fraction of sp³-hybridized carbons (Fsp3) is 0.226. The van der Waals surface area contributed by atoms with Crippen LogP contribution < -0.4 is 0 Å². The highest BCUT2D eigenvalue weighted by Crippen LogP contribution is 2.46. The van der Waals surface area contributed by atoms with Gasteiger partial charge in [0.25, 0.3) is 10.1 Å². The molecular formula is C31H32O5S. The van der Waals surface area contributed by atoms with Gasteiger partial charge in [-0.25, -0.2) is 0 Å². The van der Waals surface area contributed by atoms with E-state index in [9.17, 15) is 23.2 Å². The number of phenolic OH excluding ortho intramolecular Hbond substituents is 2. The Labute approximate surface area is 218 Å². The molecule has 0 aliphatic heterocycles. The lowest BCUT2D eigenvalue weighted by Crippen LogP contribution is -2.27. The lowest BCUT2D eigenvalue weighted by molar-refractivity contribution is 0.458. The van der Waals surface area contributed by atoms with E-state index in [0.29, 0.717) is 11.1 Å². The van der Waals surface area contributed by atoms with Crippen LogP contribution in [0, 0.1) is 0 Å². The van der Waals surface area contributed by atoms with Crippen molar-refractivity contribution < 1.29 is 23.2 Å². The Morgan fingerprint density at radius 1 is 0.676 bits per heavy atom. The molecule has 0 aliphatic rings. The van der Waals surface area contributed by atoms with Gasteiger partial charge in [-0.1, -0.05) is 94.4 Å². The zero-order valence-electron chi connectivity index (χ0n) is 21.4.